The van der Waals surface area contributed by atoms with E-state index in [2.05, 4.69) is 0 Å². The molecule has 2 aromatic rings. The molecule has 104 valence electrons. The van der Waals surface area contributed by atoms with E-state index < -0.39 is 0 Å². The van der Waals surface area contributed by atoms with Crippen LogP contribution in [0.15, 0.2) is 42.5 Å². The van der Waals surface area contributed by atoms with Crippen molar-refractivity contribution < 1.29 is 19.7 Å². The van der Waals surface area contributed by atoms with Crippen molar-refractivity contribution >= 4 is 5.78 Å². The number of Topliss-reactive ketones (excluding diaryl/α,β-unsaturated/α-hetero) is 1. The number of ether oxygens (including phenoxy) is 1. The van der Waals surface area contributed by atoms with Gasteiger partial charge in [-0.1, -0.05) is 6.07 Å². The quantitative estimate of drug-likeness (QED) is 0.821. The van der Waals surface area contributed by atoms with Gasteiger partial charge in [0.1, 0.15) is 17.2 Å². The maximum atomic E-state index is 12.0. The van der Waals surface area contributed by atoms with E-state index in [9.17, 15) is 15.0 Å². The molecule has 2 N–H and O–H groups in total. The molecule has 0 amide bonds. The SMILES string of the molecule is COc1ccc(C(=O)CCc2ccc(O)cc2O)cc1. The summed E-state index contributed by atoms with van der Waals surface area (Å²) in [6.07, 6.45) is 0.724. The van der Waals surface area contributed by atoms with Gasteiger partial charge in [0.25, 0.3) is 0 Å². The van der Waals surface area contributed by atoms with E-state index in [0.717, 1.165) is 0 Å². The van der Waals surface area contributed by atoms with Crippen LogP contribution in [0.4, 0.5) is 0 Å². The molecular formula is C16H16O4. The molecule has 0 aliphatic carbocycles. The Kier molecular flexibility index (Phi) is 4.25. The number of benzene rings is 2. The summed E-state index contributed by atoms with van der Waals surface area (Å²) in [5.74, 6) is 0.720. The first-order valence-corrected chi connectivity index (χ1v) is 6.28. The van der Waals surface area contributed by atoms with E-state index in [-0.39, 0.29) is 17.3 Å². The van der Waals surface area contributed by atoms with Gasteiger partial charge in [-0.2, -0.15) is 0 Å². The summed E-state index contributed by atoms with van der Waals surface area (Å²) in [6, 6.07) is 11.3. The van der Waals surface area contributed by atoms with Crippen molar-refractivity contribution in [1.82, 2.24) is 0 Å². The molecule has 20 heavy (non-hydrogen) atoms. The second-order valence-electron chi connectivity index (χ2n) is 4.46. The average Bonchev–Trinajstić information content (AvgIpc) is 2.46. The van der Waals surface area contributed by atoms with Crippen molar-refractivity contribution in [3.63, 3.8) is 0 Å². The number of rotatable bonds is 5. The third-order valence-electron chi connectivity index (χ3n) is 3.10. The van der Waals surface area contributed by atoms with Crippen LogP contribution in [-0.2, 0) is 6.42 Å². The van der Waals surface area contributed by atoms with Gasteiger partial charge >= 0.3 is 0 Å². The number of carbonyl (C=O) groups excluding carboxylic acids is 1. The highest BCUT2D eigenvalue weighted by Gasteiger charge is 2.09. The van der Waals surface area contributed by atoms with E-state index in [1.165, 1.54) is 12.1 Å². The van der Waals surface area contributed by atoms with E-state index in [0.29, 0.717) is 29.7 Å². The minimum absolute atomic E-state index is 0.000119. The topological polar surface area (TPSA) is 66.8 Å². The normalized spacial score (nSPS) is 10.2. The zero-order valence-corrected chi connectivity index (χ0v) is 11.2. The van der Waals surface area contributed by atoms with Crippen molar-refractivity contribution in [1.29, 1.82) is 0 Å². The van der Waals surface area contributed by atoms with Gasteiger partial charge in [-0.25, -0.2) is 0 Å². The number of aryl methyl sites for hydroxylation is 1. The largest absolute Gasteiger partial charge is 0.508 e. The van der Waals surface area contributed by atoms with Crippen LogP contribution in [0.5, 0.6) is 17.2 Å². The number of hydrogen-bond donors (Lipinski definition) is 2. The molecule has 0 unspecified atom stereocenters. The molecule has 0 aromatic heterocycles. The Balaban J connectivity index is 2.00. The third kappa shape index (κ3) is 3.29. The number of methoxy groups -OCH3 is 1. The highest BCUT2D eigenvalue weighted by molar-refractivity contribution is 5.96. The van der Waals surface area contributed by atoms with Crippen molar-refractivity contribution in [3.8, 4) is 17.2 Å². The zero-order valence-electron chi connectivity index (χ0n) is 11.2. The number of phenolic OH excluding ortho intramolecular Hbond substituents is 2. The summed E-state index contributed by atoms with van der Waals surface area (Å²) in [5.41, 5.74) is 1.26. The van der Waals surface area contributed by atoms with Crippen LogP contribution in [0.1, 0.15) is 22.3 Å². The predicted octanol–water partition coefficient (Wildman–Crippen LogP) is 2.92. The highest BCUT2D eigenvalue weighted by Crippen LogP contribution is 2.24. The summed E-state index contributed by atoms with van der Waals surface area (Å²) in [6.45, 7) is 0. The first kappa shape index (κ1) is 13.9. The van der Waals surface area contributed by atoms with E-state index in [1.807, 2.05) is 0 Å². The molecule has 0 aliphatic heterocycles. The Morgan fingerprint density at radius 3 is 2.40 bits per heavy atom. The molecule has 0 bridgehead atoms. The van der Waals surface area contributed by atoms with Crippen LogP contribution >= 0.6 is 0 Å². The standard InChI is InChI=1S/C16H16O4/c1-20-14-7-3-11(4-8-14)15(18)9-5-12-2-6-13(17)10-16(12)19/h2-4,6-8,10,17,19H,5,9H2,1H3. The maximum absolute atomic E-state index is 12.0. The fraction of sp³-hybridized carbons (Fsp3) is 0.188. The number of hydrogen-bond acceptors (Lipinski definition) is 4. The summed E-state index contributed by atoms with van der Waals surface area (Å²) < 4.78 is 5.04. The lowest BCUT2D eigenvalue weighted by molar-refractivity contribution is 0.0982. The summed E-state index contributed by atoms with van der Waals surface area (Å²) in [7, 11) is 1.57. The Morgan fingerprint density at radius 1 is 1.10 bits per heavy atom. The maximum Gasteiger partial charge on any atom is 0.163 e. The average molecular weight is 272 g/mol. The van der Waals surface area contributed by atoms with Gasteiger partial charge < -0.3 is 14.9 Å². The van der Waals surface area contributed by atoms with Crippen LogP contribution in [0.25, 0.3) is 0 Å². The monoisotopic (exact) mass is 272 g/mol. The molecule has 0 heterocycles. The molecule has 0 atom stereocenters. The number of aromatic hydroxyl groups is 2. The zero-order chi connectivity index (χ0) is 14.5. The molecular weight excluding hydrogens is 256 g/mol. The fourth-order valence-corrected chi connectivity index (χ4v) is 1.93. The predicted molar refractivity (Wildman–Crippen MR) is 75.4 cm³/mol. The molecule has 0 spiro atoms. The van der Waals surface area contributed by atoms with Crippen LogP contribution in [0, 0.1) is 0 Å². The van der Waals surface area contributed by atoms with Crippen molar-refractivity contribution in [3.05, 3.63) is 53.6 Å². The number of ketones is 1. The third-order valence-corrected chi connectivity index (χ3v) is 3.10. The Morgan fingerprint density at radius 2 is 1.80 bits per heavy atom. The Bertz CT molecular complexity index is 602. The first-order chi connectivity index (χ1) is 9.60. The molecule has 4 nitrogen and oxygen atoms in total. The lowest BCUT2D eigenvalue weighted by Gasteiger charge is -2.05. The van der Waals surface area contributed by atoms with Crippen LogP contribution < -0.4 is 4.74 Å². The van der Waals surface area contributed by atoms with Gasteiger partial charge in [0.2, 0.25) is 0 Å². The minimum Gasteiger partial charge on any atom is -0.508 e. The first-order valence-electron chi connectivity index (χ1n) is 6.28. The summed E-state index contributed by atoms with van der Waals surface area (Å²) in [4.78, 5) is 12.0. The fourth-order valence-electron chi connectivity index (χ4n) is 1.93. The molecule has 2 aromatic carbocycles. The molecule has 2 rings (SSSR count). The van der Waals surface area contributed by atoms with Crippen LogP contribution in [-0.4, -0.2) is 23.1 Å². The number of phenols is 2. The van der Waals surface area contributed by atoms with Gasteiger partial charge in [-0.05, 0) is 42.3 Å². The summed E-state index contributed by atoms with van der Waals surface area (Å²) >= 11 is 0. The second kappa shape index (κ2) is 6.10. The van der Waals surface area contributed by atoms with E-state index in [4.69, 9.17) is 4.74 Å². The lowest BCUT2D eigenvalue weighted by atomic mass is 10.0. The van der Waals surface area contributed by atoms with E-state index in [1.54, 1.807) is 37.4 Å². The van der Waals surface area contributed by atoms with Gasteiger partial charge in [0.15, 0.2) is 5.78 Å². The Labute approximate surface area is 117 Å². The molecule has 0 saturated carbocycles. The molecule has 0 radical (unpaired) electrons. The van der Waals surface area contributed by atoms with Gasteiger partial charge in [0, 0.05) is 18.1 Å². The van der Waals surface area contributed by atoms with Crippen molar-refractivity contribution in [2.45, 2.75) is 12.8 Å². The Hall–Kier alpha value is -2.49. The van der Waals surface area contributed by atoms with Crippen molar-refractivity contribution in [2.75, 3.05) is 7.11 Å². The van der Waals surface area contributed by atoms with Crippen molar-refractivity contribution in [2.24, 2.45) is 0 Å². The van der Waals surface area contributed by atoms with Gasteiger partial charge in [0.05, 0.1) is 7.11 Å². The van der Waals surface area contributed by atoms with Crippen LogP contribution in [0.2, 0.25) is 0 Å². The molecule has 4 heteroatoms. The second-order valence-corrected chi connectivity index (χ2v) is 4.46. The molecule has 0 aliphatic rings. The lowest BCUT2D eigenvalue weighted by Crippen LogP contribution is -2.01. The number of carbonyl (C=O) groups is 1. The summed E-state index contributed by atoms with van der Waals surface area (Å²) in [5, 5.41) is 18.9. The molecule has 0 fully saturated rings. The smallest absolute Gasteiger partial charge is 0.163 e. The highest BCUT2D eigenvalue weighted by atomic mass is 16.5. The van der Waals surface area contributed by atoms with E-state index >= 15 is 0 Å². The minimum atomic E-state index is 0.000119. The van der Waals surface area contributed by atoms with Crippen LogP contribution in [0.3, 0.4) is 0 Å². The molecule has 0 saturated heterocycles. The van der Waals surface area contributed by atoms with Gasteiger partial charge in [-0.15, -0.1) is 0 Å². The van der Waals surface area contributed by atoms with Gasteiger partial charge in [-0.3, -0.25) is 4.79 Å².